The van der Waals surface area contributed by atoms with Gasteiger partial charge in [0, 0.05) is 45.0 Å². The minimum absolute atomic E-state index is 0.0978. The van der Waals surface area contributed by atoms with Crippen LogP contribution < -0.4 is 10.6 Å². The largest absolute Gasteiger partial charge is 0.371 e. The first-order chi connectivity index (χ1) is 13.1. The van der Waals surface area contributed by atoms with Gasteiger partial charge in [0.25, 0.3) is 0 Å². The molecule has 0 amide bonds. The number of imidazole rings is 1. The second kappa shape index (κ2) is 7.68. The van der Waals surface area contributed by atoms with E-state index in [1.165, 1.54) is 42.5 Å². The van der Waals surface area contributed by atoms with E-state index in [0.717, 1.165) is 31.4 Å². The Kier molecular flexibility index (Phi) is 5.28. The van der Waals surface area contributed by atoms with Gasteiger partial charge in [-0.15, -0.1) is 0 Å². The summed E-state index contributed by atoms with van der Waals surface area (Å²) in [4.78, 5) is 7.15. The Bertz CT molecular complexity index is 785. The summed E-state index contributed by atoms with van der Waals surface area (Å²) in [5.74, 6) is 1.12. The Morgan fingerprint density at radius 1 is 1.07 bits per heavy atom. The number of nitrogens with two attached hydrogens (primary N) is 1. The average Bonchev–Trinajstić information content (AvgIpc) is 3.29. The third-order valence-corrected chi connectivity index (χ3v) is 6.45. The number of hydrogen-bond acceptors (Lipinski definition) is 5. The number of piperidine rings is 1. The summed E-state index contributed by atoms with van der Waals surface area (Å²) in [6.45, 7) is 4.22. The lowest BCUT2D eigenvalue weighted by Gasteiger charge is -2.36. The van der Waals surface area contributed by atoms with Gasteiger partial charge in [0.1, 0.15) is 0 Å². The molecule has 2 N–H and O–H groups in total. The smallest absolute Gasteiger partial charge is 0.201 e. The molecule has 1 aliphatic carbocycles. The molecule has 0 radical (unpaired) electrons. The van der Waals surface area contributed by atoms with Gasteiger partial charge in [0.15, 0.2) is 6.29 Å². The maximum Gasteiger partial charge on any atom is 0.201 e. The molecule has 0 unspecified atom stereocenters. The molecule has 1 saturated heterocycles. The fraction of sp³-hybridized carbons (Fsp3) is 0.667. The van der Waals surface area contributed by atoms with Crippen LogP contribution in [0.1, 0.15) is 50.1 Å². The molecule has 4 rings (SSSR count). The van der Waals surface area contributed by atoms with E-state index in [4.69, 9.17) is 15.2 Å². The SMILES string of the molecule is COC(OC)C1CCN(c2cc3c(cc2C)nc(N)n3C2CCCC2)CC1. The highest BCUT2D eigenvalue weighted by atomic mass is 16.7. The third-order valence-electron chi connectivity index (χ3n) is 6.45. The Labute approximate surface area is 161 Å². The van der Waals surface area contributed by atoms with Crippen molar-refractivity contribution in [3.8, 4) is 0 Å². The van der Waals surface area contributed by atoms with Crippen LogP contribution in [0.25, 0.3) is 11.0 Å². The molecule has 27 heavy (non-hydrogen) atoms. The van der Waals surface area contributed by atoms with Crippen molar-refractivity contribution in [1.82, 2.24) is 9.55 Å². The number of fused-ring (bicyclic) bond motifs is 1. The van der Waals surface area contributed by atoms with Crippen molar-refractivity contribution in [2.24, 2.45) is 5.92 Å². The predicted octanol–water partition coefficient (Wildman–Crippen LogP) is 3.88. The van der Waals surface area contributed by atoms with Gasteiger partial charge in [-0.2, -0.15) is 0 Å². The fourth-order valence-electron chi connectivity index (χ4n) is 5.03. The first kappa shape index (κ1) is 18.6. The Hall–Kier alpha value is -1.79. The average molecular weight is 373 g/mol. The zero-order valence-electron chi connectivity index (χ0n) is 16.8. The van der Waals surface area contributed by atoms with E-state index in [-0.39, 0.29) is 6.29 Å². The van der Waals surface area contributed by atoms with E-state index < -0.39 is 0 Å². The number of aryl methyl sites for hydroxylation is 1. The molecule has 1 aromatic carbocycles. The molecule has 1 saturated carbocycles. The number of benzene rings is 1. The van der Waals surface area contributed by atoms with Crippen LogP contribution in [-0.4, -0.2) is 43.2 Å². The van der Waals surface area contributed by atoms with E-state index in [1.54, 1.807) is 14.2 Å². The fourth-order valence-corrected chi connectivity index (χ4v) is 5.03. The molecule has 6 nitrogen and oxygen atoms in total. The summed E-state index contributed by atoms with van der Waals surface area (Å²) in [5, 5.41) is 0. The minimum atomic E-state index is -0.0978. The Balaban J connectivity index is 1.61. The minimum Gasteiger partial charge on any atom is -0.371 e. The number of nitrogens with zero attached hydrogens (tertiary/aromatic N) is 3. The quantitative estimate of drug-likeness (QED) is 0.807. The number of anilines is 2. The van der Waals surface area contributed by atoms with Gasteiger partial charge in [-0.25, -0.2) is 4.98 Å². The van der Waals surface area contributed by atoms with E-state index in [0.29, 0.717) is 17.9 Å². The van der Waals surface area contributed by atoms with Crippen LogP contribution in [0, 0.1) is 12.8 Å². The number of aromatic nitrogens is 2. The molecule has 2 heterocycles. The molecule has 148 valence electrons. The molecule has 1 aromatic heterocycles. The van der Waals surface area contributed by atoms with Gasteiger partial charge >= 0.3 is 0 Å². The van der Waals surface area contributed by atoms with Gasteiger partial charge in [-0.05, 0) is 50.3 Å². The van der Waals surface area contributed by atoms with Crippen molar-refractivity contribution in [1.29, 1.82) is 0 Å². The van der Waals surface area contributed by atoms with Crippen LogP contribution in [0.3, 0.4) is 0 Å². The lowest BCUT2D eigenvalue weighted by Crippen LogP contribution is -2.39. The molecular formula is C21H32N4O2. The molecule has 6 heteroatoms. The van der Waals surface area contributed by atoms with Crippen molar-refractivity contribution in [3.63, 3.8) is 0 Å². The maximum atomic E-state index is 6.30. The topological polar surface area (TPSA) is 65.5 Å². The van der Waals surface area contributed by atoms with Crippen LogP contribution in [0.15, 0.2) is 12.1 Å². The van der Waals surface area contributed by atoms with Crippen LogP contribution >= 0.6 is 0 Å². The van der Waals surface area contributed by atoms with E-state index in [9.17, 15) is 0 Å². The number of ether oxygens (including phenoxy) is 2. The predicted molar refractivity (Wildman–Crippen MR) is 109 cm³/mol. The second-order valence-corrected chi connectivity index (χ2v) is 8.07. The van der Waals surface area contributed by atoms with Crippen molar-refractivity contribution in [3.05, 3.63) is 17.7 Å². The zero-order chi connectivity index (χ0) is 19.0. The second-order valence-electron chi connectivity index (χ2n) is 8.07. The van der Waals surface area contributed by atoms with Crippen LogP contribution in [0.5, 0.6) is 0 Å². The van der Waals surface area contributed by atoms with Crippen molar-refractivity contribution in [2.75, 3.05) is 37.9 Å². The summed E-state index contributed by atoms with van der Waals surface area (Å²) in [6.07, 6.45) is 7.05. The van der Waals surface area contributed by atoms with E-state index in [2.05, 4.69) is 33.5 Å². The summed E-state index contributed by atoms with van der Waals surface area (Å²) in [5.41, 5.74) is 11.1. The van der Waals surface area contributed by atoms with Crippen molar-refractivity contribution >= 4 is 22.7 Å². The summed E-state index contributed by atoms with van der Waals surface area (Å²) < 4.78 is 13.2. The number of nitrogen functional groups attached to an aromatic ring is 1. The first-order valence-electron chi connectivity index (χ1n) is 10.2. The third kappa shape index (κ3) is 3.41. The van der Waals surface area contributed by atoms with Gasteiger partial charge in [-0.1, -0.05) is 12.8 Å². The van der Waals surface area contributed by atoms with E-state index >= 15 is 0 Å². The number of methoxy groups -OCH3 is 2. The molecule has 1 aliphatic heterocycles. The van der Waals surface area contributed by atoms with E-state index in [1.807, 2.05) is 0 Å². The Morgan fingerprint density at radius 3 is 2.37 bits per heavy atom. The standard InChI is InChI=1S/C21H32N4O2/c1-14-12-17-19(25(21(22)23-17)16-6-4-5-7-16)13-18(14)24-10-8-15(9-11-24)20(26-2)27-3/h12-13,15-16,20H,4-11H2,1-3H3,(H2,22,23). The molecule has 2 aliphatic rings. The lowest BCUT2D eigenvalue weighted by atomic mass is 9.95. The monoisotopic (exact) mass is 372 g/mol. The van der Waals surface area contributed by atoms with Crippen LogP contribution in [-0.2, 0) is 9.47 Å². The first-order valence-corrected chi connectivity index (χ1v) is 10.2. The van der Waals surface area contributed by atoms with Gasteiger partial charge in [-0.3, -0.25) is 0 Å². The normalized spacial score (nSPS) is 19.6. The Morgan fingerprint density at radius 2 is 1.74 bits per heavy atom. The van der Waals surface area contributed by atoms with Crippen molar-refractivity contribution in [2.45, 2.75) is 57.8 Å². The molecule has 2 fully saturated rings. The molecule has 2 aromatic rings. The maximum absolute atomic E-state index is 6.30. The van der Waals surface area contributed by atoms with Gasteiger partial charge in [0.2, 0.25) is 5.95 Å². The molecular weight excluding hydrogens is 340 g/mol. The lowest BCUT2D eigenvalue weighted by molar-refractivity contribution is -0.141. The van der Waals surface area contributed by atoms with Crippen LogP contribution in [0.2, 0.25) is 0 Å². The highest BCUT2D eigenvalue weighted by Gasteiger charge is 2.28. The van der Waals surface area contributed by atoms with Crippen LogP contribution in [0.4, 0.5) is 11.6 Å². The molecule has 0 atom stereocenters. The molecule has 0 spiro atoms. The zero-order valence-corrected chi connectivity index (χ0v) is 16.8. The van der Waals surface area contributed by atoms with Gasteiger partial charge < -0.3 is 24.7 Å². The summed E-state index contributed by atoms with van der Waals surface area (Å²) >= 11 is 0. The number of hydrogen-bond donors (Lipinski definition) is 1. The van der Waals surface area contributed by atoms with Crippen molar-refractivity contribution < 1.29 is 9.47 Å². The number of rotatable bonds is 5. The highest BCUT2D eigenvalue weighted by Crippen LogP contribution is 2.37. The summed E-state index contributed by atoms with van der Waals surface area (Å²) in [6, 6.07) is 5.02. The highest BCUT2D eigenvalue weighted by molar-refractivity contribution is 5.84. The molecule has 0 bridgehead atoms. The van der Waals surface area contributed by atoms with Gasteiger partial charge in [0.05, 0.1) is 11.0 Å². The summed E-state index contributed by atoms with van der Waals surface area (Å²) in [7, 11) is 3.46.